The molecule has 4 rings (SSSR count). The first-order chi connectivity index (χ1) is 16.5. The SMILES string of the molecule is COc1ccc([C@H]2C(=C(O)c3ccccc3)C(=O)C(=O)N2CCCN2CCOCC2)cc1OC. The van der Waals surface area contributed by atoms with Gasteiger partial charge in [0.2, 0.25) is 0 Å². The summed E-state index contributed by atoms with van der Waals surface area (Å²) in [6.07, 6.45) is 0.697. The van der Waals surface area contributed by atoms with Crippen LogP contribution >= 0.6 is 0 Å². The van der Waals surface area contributed by atoms with Crippen molar-refractivity contribution in [3.05, 3.63) is 65.2 Å². The van der Waals surface area contributed by atoms with Crippen molar-refractivity contribution in [2.24, 2.45) is 0 Å². The maximum Gasteiger partial charge on any atom is 0.295 e. The van der Waals surface area contributed by atoms with E-state index >= 15 is 0 Å². The molecule has 2 aromatic carbocycles. The fourth-order valence-corrected chi connectivity index (χ4v) is 4.52. The van der Waals surface area contributed by atoms with Crippen LogP contribution in [0.3, 0.4) is 0 Å². The van der Waals surface area contributed by atoms with Gasteiger partial charge in [0.25, 0.3) is 11.7 Å². The van der Waals surface area contributed by atoms with Gasteiger partial charge in [0.1, 0.15) is 5.76 Å². The Morgan fingerprint density at radius 2 is 1.71 bits per heavy atom. The molecule has 1 N–H and O–H groups in total. The summed E-state index contributed by atoms with van der Waals surface area (Å²) in [4.78, 5) is 30.1. The van der Waals surface area contributed by atoms with Crippen LogP contribution in [0.5, 0.6) is 11.5 Å². The Bertz CT molecular complexity index is 1060. The van der Waals surface area contributed by atoms with Crippen LogP contribution in [0.2, 0.25) is 0 Å². The lowest BCUT2D eigenvalue weighted by Crippen LogP contribution is -2.38. The maximum absolute atomic E-state index is 13.2. The summed E-state index contributed by atoms with van der Waals surface area (Å²) in [6.45, 7) is 4.29. The second-order valence-corrected chi connectivity index (χ2v) is 8.28. The molecule has 2 aliphatic rings. The van der Waals surface area contributed by atoms with Gasteiger partial charge in [-0.25, -0.2) is 0 Å². The average Bonchev–Trinajstić information content (AvgIpc) is 3.14. The summed E-state index contributed by atoms with van der Waals surface area (Å²) in [5, 5.41) is 11.1. The fourth-order valence-electron chi connectivity index (χ4n) is 4.52. The molecule has 8 nitrogen and oxygen atoms in total. The van der Waals surface area contributed by atoms with Crippen LogP contribution in [0.15, 0.2) is 54.1 Å². The van der Waals surface area contributed by atoms with Crippen LogP contribution < -0.4 is 9.47 Å². The first-order valence-electron chi connectivity index (χ1n) is 11.4. The molecule has 1 amide bonds. The molecule has 180 valence electrons. The van der Waals surface area contributed by atoms with E-state index in [1.54, 1.807) is 54.5 Å². The standard InChI is InChI=1S/C26H30N2O6/c1-32-20-10-9-19(17-21(20)33-2)23-22(24(29)18-7-4-3-5-8-18)25(30)26(31)28(23)12-6-11-27-13-15-34-16-14-27/h3-5,7-10,17,23,29H,6,11-16H2,1-2H3/t23-/m0/s1. The number of Topliss-reactive ketones (excluding diaryl/α,β-unsaturated/α-hetero) is 1. The number of nitrogens with zero attached hydrogens (tertiary/aromatic N) is 2. The highest BCUT2D eigenvalue weighted by Gasteiger charge is 2.46. The van der Waals surface area contributed by atoms with Crippen molar-refractivity contribution in [2.45, 2.75) is 12.5 Å². The zero-order chi connectivity index (χ0) is 24.1. The molecule has 2 fully saturated rings. The third-order valence-electron chi connectivity index (χ3n) is 6.29. The van der Waals surface area contributed by atoms with E-state index in [2.05, 4.69) is 4.90 Å². The summed E-state index contributed by atoms with van der Waals surface area (Å²) in [5.41, 5.74) is 1.23. The number of aliphatic hydroxyl groups excluding tert-OH is 1. The summed E-state index contributed by atoms with van der Waals surface area (Å²) in [5.74, 6) is -0.460. The van der Waals surface area contributed by atoms with E-state index in [0.29, 0.717) is 48.8 Å². The molecule has 2 saturated heterocycles. The third-order valence-corrected chi connectivity index (χ3v) is 6.29. The number of amides is 1. The number of likely N-dealkylation sites (tertiary alicyclic amines) is 1. The molecule has 0 aromatic heterocycles. The minimum absolute atomic E-state index is 0.0785. The molecule has 0 radical (unpaired) electrons. The Balaban J connectivity index is 1.70. The third kappa shape index (κ3) is 4.78. The van der Waals surface area contributed by atoms with Crippen molar-refractivity contribution in [1.29, 1.82) is 0 Å². The number of rotatable bonds is 8. The van der Waals surface area contributed by atoms with Crippen LogP contribution in [0.25, 0.3) is 5.76 Å². The highest BCUT2D eigenvalue weighted by atomic mass is 16.5. The number of methoxy groups -OCH3 is 2. The Morgan fingerprint density at radius 3 is 2.38 bits per heavy atom. The number of aliphatic hydroxyl groups is 1. The molecule has 0 spiro atoms. The quantitative estimate of drug-likeness (QED) is 0.364. The van der Waals surface area contributed by atoms with Gasteiger partial charge in [-0.1, -0.05) is 36.4 Å². The average molecular weight is 467 g/mol. The van der Waals surface area contributed by atoms with E-state index in [-0.39, 0.29) is 11.3 Å². The van der Waals surface area contributed by atoms with Gasteiger partial charge in [0.05, 0.1) is 39.0 Å². The van der Waals surface area contributed by atoms with E-state index in [1.807, 2.05) is 6.07 Å². The van der Waals surface area contributed by atoms with Crippen molar-refractivity contribution < 1.29 is 28.9 Å². The van der Waals surface area contributed by atoms with Crippen molar-refractivity contribution in [3.63, 3.8) is 0 Å². The predicted octanol–water partition coefficient (Wildman–Crippen LogP) is 2.85. The van der Waals surface area contributed by atoms with Gasteiger partial charge in [-0.05, 0) is 24.1 Å². The van der Waals surface area contributed by atoms with E-state index < -0.39 is 17.7 Å². The molecule has 0 unspecified atom stereocenters. The predicted molar refractivity (Wildman–Crippen MR) is 127 cm³/mol. The van der Waals surface area contributed by atoms with Gasteiger partial charge < -0.3 is 24.2 Å². The zero-order valence-corrected chi connectivity index (χ0v) is 19.5. The first kappa shape index (κ1) is 23.8. The fraction of sp³-hybridized carbons (Fsp3) is 0.385. The van der Waals surface area contributed by atoms with Crippen LogP contribution in [-0.2, 0) is 14.3 Å². The first-order valence-corrected chi connectivity index (χ1v) is 11.4. The molecule has 34 heavy (non-hydrogen) atoms. The Hall–Kier alpha value is -3.36. The maximum atomic E-state index is 13.2. The van der Waals surface area contributed by atoms with Crippen molar-refractivity contribution >= 4 is 17.4 Å². The highest BCUT2D eigenvalue weighted by Crippen LogP contribution is 2.42. The summed E-state index contributed by atoms with van der Waals surface area (Å²) < 4.78 is 16.2. The molecule has 0 aliphatic carbocycles. The molecule has 2 aromatic rings. The largest absolute Gasteiger partial charge is 0.507 e. The normalized spacial score (nSPS) is 20.5. The Morgan fingerprint density at radius 1 is 1.00 bits per heavy atom. The van der Waals surface area contributed by atoms with Crippen molar-refractivity contribution in [1.82, 2.24) is 9.80 Å². The highest BCUT2D eigenvalue weighted by molar-refractivity contribution is 6.46. The number of morpholine rings is 1. The van der Waals surface area contributed by atoms with Gasteiger partial charge in [-0.2, -0.15) is 0 Å². The van der Waals surface area contributed by atoms with Crippen LogP contribution in [-0.4, -0.2) is 80.2 Å². The van der Waals surface area contributed by atoms with Crippen molar-refractivity contribution in [2.75, 3.05) is 53.6 Å². The summed E-state index contributed by atoms with van der Waals surface area (Å²) in [6, 6.07) is 13.4. The molecule has 8 heteroatoms. The number of hydrogen-bond acceptors (Lipinski definition) is 7. The van der Waals surface area contributed by atoms with E-state index in [1.165, 1.54) is 7.11 Å². The lowest BCUT2D eigenvalue weighted by Gasteiger charge is -2.29. The second kappa shape index (κ2) is 10.7. The van der Waals surface area contributed by atoms with Crippen LogP contribution in [0, 0.1) is 0 Å². The lowest BCUT2D eigenvalue weighted by atomic mass is 9.95. The molecule has 2 aliphatic heterocycles. The number of carbonyl (C=O) groups is 2. The zero-order valence-electron chi connectivity index (χ0n) is 19.5. The van der Waals surface area contributed by atoms with Crippen LogP contribution in [0.4, 0.5) is 0 Å². The van der Waals surface area contributed by atoms with Gasteiger partial charge in [-0.3, -0.25) is 14.5 Å². The van der Waals surface area contributed by atoms with E-state index in [9.17, 15) is 14.7 Å². The molecule has 1 atom stereocenters. The minimum Gasteiger partial charge on any atom is -0.507 e. The molecule has 0 saturated carbocycles. The van der Waals surface area contributed by atoms with E-state index in [0.717, 1.165) is 19.6 Å². The van der Waals surface area contributed by atoms with Crippen LogP contribution in [0.1, 0.15) is 23.6 Å². The van der Waals surface area contributed by atoms with Gasteiger partial charge in [-0.15, -0.1) is 0 Å². The smallest absolute Gasteiger partial charge is 0.295 e. The second-order valence-electron chi connectivity index (χ2n) is 8.28. The number of ether oxygens (including phenoxy) is 3. The summed E-state index contributed by atoms with van der Waals surface area (Å²) in [7, 11) is 3.08. The minimum atomic E-state index is -0.732. The Labute approximate surface area is 199 Å². The molecule has 0 bridgehead atoms. The molecular formula is C26H30N2O6. The molecular weight excluding hydrogens is 436 g/mol. The van der Waals surface area contributed by atoms with Gasteiger partial charge >= 0.3 is 0 Å². The number of hydrogen-bond donors (Lipinski definition) is 1. The monoisotopic (exact) mass is 466 g/mol. The number of ketones is 1. The Kier molecular flexibility index (Phi) is 7.49. The van der Waals surface area contributed by atoms with Gasteiger partial charge in [0, 0.05) is 31.7 Å². The molecule has 2 heterocycles. The van der Waals surface area contributed by atoms with Gasteiger partial charge in [0.15, 0.2) is 11.5 Å². The lowest BCUT2D eigenvalue weighted by molar-refractivity contribution is -0.140. The topological polar surface area (TPSA) is 88.5 Å². The summed E-state index contributed by atoms with van der Waals surface area (Å²) >= 11 is 0. The number of carbonyl (C=O) groups excluding carboxylic acids is 2. The van der Waals surface area contributed by atoms with Crippen molar-refractivity contribution in [3.8, 4) is 11.5 Å². The van der Waals surface area contributed by atoms with E-state index in [4.69, 9.17) is 14.2 Å². The number of benzene rings is 2.